The van der Waals surface area contributed by atoms with Crippen molar-refractivity contribution >= 4 is 22.5 Å². The number of hydrogen-bond donors (Lipinski definition) is 1. The van der Waals surface area contributed by atoms with Gasteiger partial charge in [-0.05, 0) is 48.6 Å². The maximum absolute atomic E-state index is 13.3. The fourth-order valence-corrected chi connectivity index (χ4v) is 4.44. The molecule has 1 N–H and O–H groups in total. The van der Waals surface area contributed by atoms with E-state index >= 15 is 0 Å². The second-order valence-corrected chi connectivity index (χ2v) is 8.72. The topological polar surface area (TPSA) is 108 Å². The first-order valence-corrected chi connectivity index (χ1v) is 11.1. The average molecular weight is 467 g/mol. The molecule has 2 atom stereocenters. The van der Waals surface area contributed by atoms with Crippen LogP contribution in [0.2, 0.25) is 5.02 Å². The van der Waals surface area contributed by atoms with E-state index < -0.39 is 12.1 Å². The van der Waals surface area contributed by atoms with Gasteiger partial charge in [0.15, 0.2) is 0 Å². The fraction of sp³-hybridized carbons (Fsp3) is 0.348. The summed E-state index contributed by atoms with van der Waals surface area (Å²) < 4.78 is 8.27. The molecule has 4 heterocycles. The Bertz CT molecular complexity index is 1380. The van der Waals surface area contributed by atoms with Crippen molar-refractivity contribution in [3.63, 3.8) is 0 Å². The highest BCUT2D eigenvalue weighted by molar-refractivity contribution is 6.35. The molecule has 1 fully saturated rings. The number of hydrogen-bond acceptors (Lipinski definition) is 7. The van der Waals surface area contributed by atoms with E-state index in [4.69, 9.17) is 16.3 Å². The highest BCUT2D eigenvalue weighted by Gasteiger charge is 2.28. The Labute approximate surface area is 194 Å². The zero-order valence-corrected chi connectivity index (χ0v) is 19.0. The summed E-state index contributed by atoms with van der Waals surface area (Å²) in [6.45, 7) is 2.53. The molecule has 0 saturated carbocycles. The van der Waals surface area contributed by atoms with Gasteiger partial charge in [0, 0.05) is 31.6 Å². The molecule has 1 aliphatic rings. The lowest BCUT2D eigenvalue weighted by molar-refractivity contribution is -0.0434. The zero-order valence-electron chi connectivity index (χ0n) is 18.3. The van der Waals surface area contributed by atoms with Crippen LogP contribution in [-0.4, -0.2) is 54.2 Å². The molecule has 0 amide bonds. The molecule has 0 bridgehead atoms. The minimum Gasteiger partial charge on any atom is -0.388 e. The summed E-state index contributed by atoms with van der Waals surface area (Å²) in [5.41, 5.74) is 4.58. The number of aromatic nitrogens is 6. The van der Waals surface area contributed by atoms with Gasteiger partial charge in [-0.3, -0.25) is 14.5 Å². The van der Waals surface area contributed by atoms with Crippen molar-refractivity contribution in [3.05, 3.63) is 68.9 Å². The SMILES string of the molecule is Cc1c(Cc2ccc(-c3cnn(C)c3)nc2)cc2c(=O)n([C@H]3CCOC[C@@H]3O)nnc2c1Cl. The summed E-state index contributed by atoms with van der Waals surface area (Å²) in [5, 5.41) is 23.5. The van der Waals surface area contributed by atoms with Crippen molar-refractivity contribution in [1.82, 2.24) is 29.8 Å². The van der Waals surface area contributed by atoms with Gasteiger partial charge in [0.2, 0.25) is 0 Å². The number of aliphatic hydroxyl groups is 1. The molecule has 0 unspecified atom stereocenters. The molecular formula is C23H23ClN6O3. The molecule has 5 rings (SSSR count). The minimum atomic E-state index is -0.812. The Morgan fingerprint density at radius 2 is 2.15 bits per heavy atom. The van der Waals surface area contributed by atoms with E-state index in [0.29, 0.717) is 35.4 Å². The molecule has 1 saturated heterocycles. The Morgan fingerprint density at radius 3 is 2.85 bits per heavy atom. The number of rotatable bonds is 4. The van der Waals surface area contributed by atoms with Crippen LogP contribution in [0.25, 0.3) is 22.2 Å². The van der Waals surface area contributed by atoms with Gasteiger partial charge in [0.05, 0.1) is 41.1 Å². The van der Waals surface area contributed by atoms with Gasteiger partial charge >= 0.3 is 0 Å². The number of ether oxygens (including phenoxy) is 1. The van der Waals surface area contributed by atoms with Crippen LogP contribution in [-0.2, 0) is 18.2 Å². The minimum absolute atomic E-state index is 0.165. The first-order chi connectivity index (χ1) is 15.9. The van der Waals surface area contributed by atoms with Gasteiger partial charge in [-0.15, -0.1) is 5.10 Å². The molecule has 0 spiro atoms. The molecule has 0 aliphatic carbocycles. The highest BCUT2D eigenvalue weighted by Crippen LogP contribution is 2.29. The summed E-state index contributed by atoms with van der Waals surface area (Å²) in [5.74, 6) is 0. The lowest BCUT2D eigenvalue weighted by atomic mass is 9.99. The average Bonchev–Trinajstić information content (AvgIpc) is 3.25. The molecule has 0 radical (unpaired) electrons. The smallest absolute Gasteiger partial charge is 0.278 e. The number of aliphatic hydroxyl groups excluding tert-OH is 1. The van der Waals surface area contributed by atoms with Crippen molar-refractivity contribution in [3.8, 4) is 11.3 Å². The summed E-state index contributed by atoms with van der Waals surface area (Å²) in [7, 11) is 1.87. The summed E-state index contributed by atoms with van der Waals surface area (Å²) in [6, 6.07) is 5.31. The van der Waals surface area contributed by atoms with Crippen LogP contribution < -0.4 is 5.56 Å². The van der Waals surface area contributed by atoms with E-state index in [1.807, 2.05) is 44.6 Å². The molecule has 10 heteroatoms. The van der Waals surface area contributed by atoms with E-state index in [1.54, 1.807) is 10.9 Å². The maximum atomic E-state index is 13.3. The molecule has 1 aromatic carbocycles. The number of benzene rings is 1. The summed E-state index contributed by atoms with van der Waals surface area (Å²) in [4.78, 5) is 17.8. The molecule has 4 aromatic rings. The van der Waals surface area contributed by atoms with Gasteiger partial charge < -0.3 is 9.84 Å². The van der Waals surface area contributed by atoms with Gasteiger partial charge in [-0.1, -0.05) is 22.9 Å². The molecule has 1 aliphatic heterocycles. The quantitative estimate of drug-likeness (QED) is 0.492. The first kappa shape index (κ1) is 21.7. The van der Waals surface area contributed by atoms with E-state index in [0.717, 1.165) is 27.9 Å². The van der Waals surface area contributed by atoms with Gasteiger partial charge in [0.25, 0.3) is 5.56 Å². The fourth-order valence-electron chi connectivity index (χ4n) is 4.18. The normalized spacial score (nSPS) is 18.7. The van der Waals surface area contributed by atoms with Gasteiger partial charge in [0.1, 0.15) is 5.52 Å². The largest absolute Gasteiger partial charge is 0.388 e. The van der Waals surface area contributed by atoms with Crippen LogP contribution in [0.3, 0.4) is 0 Å². The summed E-state index contributed by atoms with van der Waals surface area (Å²) in [6.07, 6.45) is 5.74. The molecule has 33 heavy (non-hydrogen) atoms. The molecule has 3 aromatic heterocycles. The van der Waals surface area contributed by atoms with Crippen molar-refractivity contribution in [2.45, 2.75) is 31.9 Å². The second kappa shape index (κ2) is 8.66. The standard InChI is InChI=1S/C23H23ClN6O3/c1-13-15(7-14-3-4-18(25-9-14)16-10-26-29(2)11-16)8-17-22(21(13)24)27-28-30(23(17)32)19-5-6-33-12-20(19)31/h3-4,8-11,19-20,31H,5-7,12H2,1-2H3/t19-,20-/m0/s1. The molecular weight excluding hydrogens is 444 g/mol. The van der Waals surface area contributed by atoms with Gasteiger partial charge in [-0.2, -0.15) is 5.10 Å². The van der Waals surface area contributed by atoms with E-state index in [1.165, 1.54) is 4.68 Å². The number of halogens is 1. The zero-order chi connectivity index (χ0) is 23.1. The van der Waals surface area contributed by atoms with Gasteiger partial charge in [-0.25, -0.2) is 4.68 Å². The van der Waals surface area contributed by atoms with E-state index in [-0.39, 0.29) is 12.2 Å². The Balaban J connectivity index is 1.51. The van der Waals surface area contributed by atoms with Crippen LogP contribution >= 0.6 is 11.6 Å². The first-order valence-electron chi connectivity index (χ1n) is 10.7. The lowest BCUT2D eigenvalue weighted by Crippen LogP contribution is -2.40. The predicted octanol–water partition coefficient (Wildman–Crippen LogP) is 2.46. The lowest BCUT2D eigenvalue weighted by Gasteiger charge is -2.27. The predicted molar refractivity (Wildman–Crippen MR) is 123 cm³/mol. The third kappa shape index (κ3) is 4.03. The molecule has 170 valence electrons. The Hall–Kier alpha value is -3.14. The van der Waals surface area contributed by atoms with Crippen LogP contribution in [0.5, 0.6) is 0 Å². The van der Waals surface area contributed by atoms with Crippen molar-refractivity contribution in [2.24, 2.45) is 7.05 Å². The summed E-state index contributed by atoms with van der Waals surface area (Å²) >= 11 is 6.60. The maximum Gasteiger partial charge on any atom is 0.278 e. The monoisotopic (exact) mass is 466 g/mol. The Kier molecular flexibility index (Phi) is 5.69. The van der Waals surface area contributed by atoms with E-state index in [2.05, 4.69) is 20.4 Å². The number of fused-ring (bicyclic) bond motifs is 1. The van der Waals surface area contributed by atoms with Crippen LogP contribution in [0.4, 0.5) is 0 Å². The highest BCUT2D eigenvalue weighted by atomic mass is 35.5. The molecule has 9 nitrogen and oxygen atoms in total. The van der Waals surface area contributed by atoms with Crippen molar-refractivity contribution < 1.29 is 9.84 Å². The van der Waals surface area contributed by atoms with Crippen LogP contribution in [0.1, 0.15) is 29.2 Å². The third-order valence-corrected chi connectivity index (χ3v) is 6.56. The van der Waals surface area contributed by atoms with E-state index in [9.17, 15) is 9.90 Å². The number of nitrogens with zero attached hydrogens (tertiary/aromatic N) is 6. The van der Waals surface area contributed by atoms with Crippen molar-refractivity contribution in [1.29, 1.82) is 0 Å². The Morgan fingerprint density at radius 1 is 1.30 bits per heavy atom. The van der Waals surface area contributed by atoms with Crippen LogP contribution in [0, 0.1) is 6.92 Å². The second-order valence-electron chi connectivity index (χ2n) is 8.34. The third-order valence-electron chi connectivity index (χ3n) is 6.10. The van der Waals surface area contributed by atoms with Crippen molar-refractivity contribution in [2.75, 3.05) is 13.2 Å². The van der Waals surface area contributed by atoms with Crippen LogP contribution in [0.15, 0.2) is 41.6 Å². The number of pyridine rings is 1. The number of aryl methyl sites for hydroxylation is 1.